The number of aliphatic hydroxyl groups excluding tert-OH is 1. The zero-order valence-electron chi connectivity index (χ0n) is 19.4. The quantitative estimate of drug-likeness (QED) is 0.539. The van der Waals surface area contributed by atoms with Gasteiger partial charge >= 0.3 is 0 Å². The molecule has 9 heteroatoms. The summed E-state index contributed by atoms with van der Waals surface area (Å²) < 4.78 is 19.5. The lowest BCUT2D eigenvalue weighted by Gasteiger charge is -2.26. The number of methoxy groups -OCH3 is 1. The number of nitrogens with zero attached hydrogens (tertiary/aromatic N) is 3. The van der Waals surface area contributed by atoms with Gasteiger partial charge in [0.25, 0.3) is 0 Å². The molecule has 0 bridgehead atoms. The topological polar surface area (TPSA) is 108 Å². The molecule has 33 heavy (non-hydrogen) atoms. The van der Waals surface area contributed by atoms with Gasteiger partial charge in [-0.1, -0.05) is 0 Å². The summed E-state index contributed by atoms with van der Waals surface area (Å²) in [6.07, 6.45) is 4.48. The Morgan fingerprint density at radius 3 is 2.88 bits per heavy atom. The lowest BCUT2D eigenvalue weighted by atomic mass is 9.96. The van der Waals surface area contributed by atoms with Crippen LogP contribution in [0.5, 0.6) is 5.75 Å². The van der Waals surface area contributed by atoms with Crippen LogP contribution in [-0.4, -0.2) is 58.6 Å². The number of hydrogen-bond acceptors (Lipinski definition) is 7. The van der Waals surface area contributed by atoms with Crippen LogP contribution in [0.1, 0.15) is 32.4 Å². The van der Waals surface area contributed by atoms with Crippen LogP contribution < -0.4 is 10.1 Å². The number of hydrogen-bond donors (Lipinski definition) is 2. The highest BCUT2D eigenvalue weighted by Crippen LogP contribution is 2.38. The average molecular weight is 455 g/mol. The number of aryl methyl sites for hydroxylation is 1. The summed E-state index contributed by atoms with van der Waals surface area (Å²) in [5.74, 6) is 0.938. The number of ether oxygens (including phenoxy) is 3. The van der Waals surface area contributed by atoms with Crippen molar-refractivity contribution in [2.24, 2.45) is 7.05 Å². The number of carbonyl (C=O) groups is 1. The Bertz CT molecular complexity index is 1150. The predicted molar refractivity (Wildman–Crippen MR) is 124 cm³/mol. The highest BCUT2D eigenvalue weighted by Gasteiger charge is 2.39. The van der Waals surface area contributed by atoms with Gasteiger partial charge in [-0.15, -0.1) is 0 Å². The lowest BCUT2D eigenvalue weighted by molar-refractivity contribution is -0.114. The maximum absolute atomic E-state index is 11.5. The molecule has 2 unspecified atom stereocenters. The minimum atomic E-state index is -0.647. The maximum Gasteiger partial charge on any atom is 0.222 e. The molecule has 2 N–H and O–H groups in total. The van der Waals surface area contributed by atoms with Gasteiger partial charge in [0.15, 0.2) is 0 Å². The molecule has 1 amide bonds. The van der Waals surface area contributed by atoms with Crippen molar-refractivity contribution in [3.05, 3.63) is 36.3 Å². The summed E-state index contributed by atoms with van der Waals surface area (Å²) in [6.45, 7) is 4.58. The van der Waals surface area contributed by atoms with Gasteiger partial charge in [-0.3, -0.25) is 4.79 Å². The summed E-state index contributed by atoms with van der Waals surface area (Å²) >= 11 is 0. The Morgan fingerprint density at radius 2 is 2.21 bits per heavy atom. The predicted octanol–water partition coefficient (Wildman–Crippen LogP) is 3.01. The molecule has 0 aromatic carbocycles. The van der Waals surface area contributed by atoms with Crippen LogP contribution in [0.4, 0.5) is 5.82 Å². The number of carbonyl (C=O) groups excluding carboxylic acids is 1. The van der Waals surface area contributed by atoms with Gasteiger partial charge in [-0.2, -0.15) is 0 Å². The van der Waals surface area contributed by atoms with Crippen LogP contribution >= 0.6 is 0 Å². The number of nitrogens with one attached hydrogen (secondary N) is 1. The van der Waals surface area contributed by atoms with E-state index < -0.39 is 11.7 Å². The molecule has 0 aliphatic carbocycles. The van der Waals surface area contributed by atoms with Gasteiger partial charge in [-0.05, 0) is 13.0 Å². The van der Waals surface area contributed by atoms with Gasteiger partial charge in [0.1, 0.15) is 17.2 Å². The third-order valence-corrected chi connectivity index (χ3v) is 5.90. The van der Waals surface area contributed by atoms with Crippen molar-refractivity contribution in [2.45, 2.75) is 38.4 Å². The van der Waals surface area contributed by atoms with Gasteiger partial charge in [0.05, 0.1) is 42.4 Å². The van der Waals surface area contributed by atoms with Crippen LogP contribution in [-0.2, 0) is 26.9 Å². The smallest absolute Gasteiger partial charge is 0.222 e. The van der Waals surface area contributed by atoms with E-state index >= 15 is 0 Å². The fourth-order valence-electron chi connectivity index (χ4n) is 4.05. The lowest BCUT2D eigenvalue weighted by Crippen LogP contribution is -2.30. The molecule has 176 valence electrons. The van der Waals surface area contributed by atoms with Crippen LogP contribution in [0.3, 0.4) is 0 Å². The molecule has 1 aliphatic heterocycles. The number of pyridine rings is 2. The van der Waals surface area contributed by atoms with Gasteiger partial charge in [0.2, 0.25) is 5.91 Å². The van der Waals surface area contributed by atoms with E-state index in [2.05, 4.69) is 10.3 Å². The Balaban J connectivity index is 1.82. The van der Waals surface area contributed by atoms with Crippen molar-refractivity contribution < 1.29 is 24.1 Å². The molecule has 1 aliphatic rings. The second-order valence-corrected chi connectivity index (χ2v) is 8.48. The van der Waals surface area contributed by atoms with Gasteiger partial charge in [0, 0.05) is 69.8 Å². The molecule has 0 saturated carbocycles. The molecule has 4 heterocycles. The molecular weight excluding hydrogens is 424 g/mol. The largest absolute Gasteiger partial charge is 0.493 e. The van der Waals surface area contributed by atoms with Crippen molar-refractivity contribution in [3.8, 4) is 17.0 Å². The summed E-state index contributed by atoms with van der Waals surface area (Å²) in [6, 6.07) is 5.62. The standard InChI is InChI=1S/C24H30N4O5/c1-15(29)5-7-33-17-9-20(27-22(10-17)24(31-4)6-8-32-14-24)19-13-28(3)21-12-25-23(11-18(19)21)26-16(2)30/h9-13,15,29H,5-8,14H2,1-4H3,(H,25,26,30). The van der Waals surface area contributed by atoms with E-state index in [1.54, 1.807) is 20.2 Å². The molecule has 3 aromatic heterocycles. The Hall–Kier alpha value is -3.01. The van der Waals surface area contributed by atoms with Crippen LogP contribution in [0.2, 0.25) is 0 Å². The van der Waals surface area contributed by atoms with Crippen molar-refractivity contribution in [2.75, 3.05) is 32.2 Å². The van der Waals surface area contributed by atoms with E-state index in [9.17, 15) is 9.90 Å². The minimum absolute atomic E-state index is 0.184. The van der Waals surface area contributed by atoms with Gasteiger partial charge < -0.3 is 29.2 Å². The first kappa shape index (κ1) is 23.2. The fraction of sp³-hybridized carbons (Fsp3) is 0.458. The van der Waals surface area contributed by atoms with E-state index in [1.165, 1.54) is 6.92 Å². The van der Waals surface area contributed by atoms with Gasteiger partial charge in [-0.25, -0.2) is 9.97 Å². The molecule has 2 atom stereocenters. The second-order valence-electron chi connectivity index (χ2n) is 8.48. The number of anilines is 1. The van der Waals surface area contributed by atoms with Crippen LogP contribution in [0, 0.1) is 0 Å². The average Bonchev–Trinajstić information content (AvgIpc) is 3.38. The number of rotatable bonds is 8. The molecule has 0 radical (unpaired) electrons. The van der Waals surface area contributed by atoms with E-state index in [4.69, 9.17) is 19.2 Å². The Labute approximate surface area is 192 Å². The first-order chi connectivity index (χ1) is 15.8. The van der Waals surface area contributed by atoms with Crippen LogP contribution in [0.25, 0.3) is 22.2 Å². The van der Waals surface area contributed by atoms with E-state index in [0.29, 0.717) is 49.9 Å². The minimum Gasteiger partial charge on any atom is -0.493 e. The summed E-state index contributed by atoms with van der Waals surface area (Å²) in [5.41, 5.74) is 2.60. The SMILES string of the molecule is COC1(c2cc(OCCC(C)O)cc(-c3cn(C)c4cnc(NC(C)=O)cc34)n2)CCOC1. The number of aromatic nitrogens is 3. The number of amides is 1. The summed E-state index contributed by atoms with van der Waals surface area (Å²) in [5, 5.41) is 13.3. The van der Waals surface area contributed by atoms with E-state index in [-0.39, 0.29) is 5.91 Å². The van der Waals surface area contributed by atoms with Crippen molar-refractivity contribution in [3.63, 3.8) is 0 Å². The number of fused-ring (bicyclic) bond motifs is 1. The maximum atomic E-state index is 11.5. The molecule has 9 nitrogen and oxygen atoms in total. The normalized spacial score (nSPS) is 19.1. The van der Waals surface area contributed by atoms with E-state index in [1.807, 2.05) is 36.0 Å². The molecule has 3 aromatic rings. The Kier molecular flexibility index (Phi) is 6.64. The third kappa shape index (κ3) is 4.85. The van der Waals surface area contributed by atoms with Crippen molar-refractivity contribution in [1.82, 2.24) is 14.5 Å². The first-order valence-corrected chi connectivity index (χ1v) is 11.0. The van der Waals surface area contributed by atoms with Crippen LogP contribution in [0.15, 0.2) is 30.6 Å². The zero-order valence-corrected chi connectivity index (χ0v) is 19.4. The van der Waals surface area contributed by atoms with Crippen molar-refractivity contribution >= 4 is 22.6 Å². The number of aliphatic hydroxyl groups is 1. The third-order valence-electron chi connectivity index (χ3n) is 5.90. The first-order valence-electron chi connectivity index (χ1n) is 11.0. The highest BCUT2D eigenvalue weighted by atomic mass is 16.5. The molecule has 4 rings (SSSR count). The fourth-order valence-corrected chi connectivity index (χ4v) is 4.05. The Morgan fingerprint density at radius 1 is 1.39 bits per heavy atom. The highest BCUT2D eigenvalue weighted by molar-refractivity contribution is 5.98. The summed E-state index contributed by atoms with van der Waals surface area (Å²) in [7, 11) is 3.61. The molecule has 0 spiro atoms. The second kappa shape index (κ2) is 9.46. The summed E-state index contributed by atoms with van der Waals surface area (Å²) in [4.78, 5) is 20.8. The van der Waals surface area contributed by atoms with E-state index in [0.717, 1.165) is 22.2 Å². The monoisotopic (exact) mass is 454 g/mol. The zero-order chi connectivity index (χ0) is 23.6. The molecule has 1 saturated heterocycles. The molecule has 1 fully saturated rings. The molecular formula is C24H30N4O5. The van der Waals surface area contributed by atoms with Crippen molar-refractivity contribution in [1.29, 1.82) is 0 Å².